The molecule has 0 spiro atoms. The molecule has 2 aliphatic heterocycles. The van der Waals surface area contributed by atoms with Crippen molar-refractivity contribution in [2.24, 2.45) is 0 Å². The molecule has 9 atom stereocenters. The zero-order chi connectivity index (χ0) is 35.2. The van der Waals surface area contributed by atoms with E-state index in [0.717, 1.165) is 16.7 Å². The molecule has 14 nitrogen and oxygen atoms in total. The van der Waals surface area contributed by atoms with Crippen LogP contribution in [0, 0.1) is 0 Å². The molecule has 14 heteroatoms. The normalized spacial score (nSPS) is 27.9. The van der Waals surface area contributed by atoms with Gasteiger partial charge in [0.25, 0.3) is 0 Å². The molecule has 5 aromatic rings. The van der Waals surface area contributed by atoms with E-state index in [-0.39, 0.29) is 32.2 Å². The Hall–Kier alpha value is -4.35. The number of aliphatic hydroxyl groups is 3. The molecule has 3 aromatic carbocycles. The third kappa shape index (κ3) is 8.10. The second-order valence-electron chi connectivity index (χ2n) is 12.5. The van der Waals surface area contributed by atoms with E-state index in [1.807, 2.05) is 91.0 Å². The molecule has 2 aliphatic rings. The Balaban J connectivity index is 1.13. The van der Waals surface area contributed by atoms with Gasteiger partial charge in [-0.2, -0.15) is 0 Å². The number of ether oxygens (including phenoxy) is 6. The highest BCUT2D eigenvalue weighted by molar-refractivity contribution is 5.81. The maximum atomic E-state index is 11.9. The van der Waals surface area contributed by atoms with Gasteiger partial charge in [-0.25, -0.2) is 15.0 Å². The van der Waals surface area contributed by atoms with Gasteiger partial charge in [-0.3, -0.25) is 4.57 Å². The first-order chi connectivity index (χ1) is 25.0. The molecule has 4 heterocycles. The van der Waals surface area contributed by atoms with Gasteiger partial charge >= 0.3 is 0 Å². The summed E-state index contributed by atoms with van der Waals surface area (Å²) < 4.78 is 38.9. The summed E-state index contributed by atoms with van der Waals surface area (Å²) in [5.74, 6) is 0.184. The Morgan fingerprint density at radius 3 is 1.86 bits per heavy atom. The lowest BCUT2D eigenvalue weighted by Crippen LogP contribution is -2.61. The fraction of sp³-hybridized carbons (Fsp3) is 0.378. The molecule has 0 unspecified atom stereocenters. The first-order valence-electron chi connectivity index (χ1n) is 16.8. The number of hydrogen-bond donors (Lipinski definition) is 4. The number of hydrogen-bond acceptors (Lipinski definition) is 13. The van der Waals surface area contributed by atoms with Crippen LogP contribution in [0.15, 0.2) is 104 Å². The van der Waals surface area contributed by atoms with E-state index in [1.165, 1.54) is 12.7 Å². The predicted molar refractivity (Wildman–Crippen MR) is 182 cm³/mol. The Morgan fingerprint density at radius 1 is 0.647 bits per heavy atom. The Morgan fingerprint density at radius 2 is 1.24 bits per heavy atom. The first kappa shape index (κ1) is 35.1. The van der Waals surface area contributed by atoms with Gasteiger partial charge in [0.1, 0.15) is 54.6 Å². The van der Waals surface area contributed by atoms with Crippen molar-refractivity contribution < 1.29 is 43.7 Å². The van der Waals surface area contributed by atoms with Crippen molar-refractivity contribution in [2.75, 3.05) is 18.9 Å². The minimum atomic E-state index is -1.42. The number of nitrogens with zero attached hydrogens (tertiary/aromatic N) is 4. The number of nitrogen functional groups attached to an aromatic ring is 1. The van der Waals surface area contributed by atoms with Crippen LogP contribution in [0.25, 0.3) is 11.2 Å². The second-order valence-corrected chi connectivity index (χ2v) is 12.5. The summed E-state index contributed by atoms with van der Waals surface area (Å²) in [6, 6.07) is 28.6. The van der Waals surface area contributed by atoms with E-state index in [9.17, 15) is 15.3 Å². The van der Waals surface area contributed by atoms with Gasteiger partial charge in [0.15, 0.2) is 24.0 Å². The second kappa shape index (κ2) is 16.3. The zero-order valence-corrected chi connectivity index (χ0v) is 27.7. The highest BCUT2D eigenvalue weighted by Gasteiger charge is 2.52. The summed E-state index contributed by atoms with van der Waals surface area (Å²) in [6.07, 6.45) is -7.55. The van der Waals surface area contributed by atoms with Crippen LogP contribution < -0.4 is 5.73 Å². The number of aliphatic hydroxyl groups excluding tert-OH is 3. The van der Waals surface area contributed by atoms with Crippen LogP contribution >= 0.6 is 0 Å². The van der Waals surface area contributed by atoms with E-state index < -0.39 is 55.2 Å². The monoisotopic (exact) mass is 699 g/mol. The maximum absolute atomic E-state index is 11.9. The average molecular weight is 700 g/mol. The van der Waals surface area contributed by atoms with Crippen molar-refractivity contribution in [1.29, 1.82) is 0 Å². The summed E-state index contributed by atoms with van der Waals surface area (Å²) in [4.78, 5) is 12.7. The summed E-state index contributed by atoms with van der Waals surface area (Å²) >= 11 is 0. The smallest absolute Gasteiger partial charge is 0.187 e. The van der Waals surface area contributed by atoms with Crippen LogP contribution in [-0.2, 0) is 48.2 Å². The van der Waals surface area contributed by atoms with Crippen molar-refractivity contribution in [2.45, 2.75) is 75.1 Å². The molecule has 2 saturated heterocycles. The fourth-order valence-corrected chi connectivity index (χ4v) is 6.29. The third-order valence-electron chi connectivity index (χ3n) is 8.98. The van der Waals surface area contributed by atoms with Crippen LogP contribution in [-0.4, -0.2) is 97.1 Å². The quantitative estimate of drug-likeness (QED) is 0.133. The van der Waals surface area contributed by atoms with Crippen molar-refractivity contribution in [3.63, 3.8) is 0 Å². The topological polar surface area (TPSA) is 186 Å². The van der Waals surface area contributed by atoms with E-state index in [1.54, 1.807) is 4.57 Å². The first-order valence-corrected chi connectivity index (χ1v) is 16.8. The third-order valence-corrected chi connectivity index (χ3v) is 8.98. The SMILES string of the molecule is Nc1ncnc2c1ncn2[C@@H]1O[C@H](COCc2ccccc2)[C@@H](O[C@H]2O[C@H](COCc3ccccc3)[C@@H](O)[C@H](O)[C@@H]2OCc2ccccc2)[C@H]1O. The van der Waals surface area contributed by atoms with E-state index >= 15 is 0 Å². The fourth-order valence-electron chi connectivity index (χ4n) is 6.29. The molecular formula is C37H41N5O9. The highest BCUT2D eigenvalue weighted by Crippen LogP contribution is 2.37. The molecule has 268 valence electrons. The van der Waals surface area contributed by atoms with Gasteiger partial charge in [0.05, 0.1) is 39.4 Å². The molecule has 0 aliphatic carbocycles. The van der Waals surface area contributed by atoms with Crippen molar-refractivity contribution in [3.05, 3.63) is 120 Å². The molecule has 0 saturated carbocycles. The van der Waals surface area contributed by atoms with Gasteiger partial charge in [0, 0.05) is 0 Å². The minimum absolute atomic E-state index is 0.0356. The lowest BCUT2D eigenvalue weighted by atomic mass is 9.98. The molecule has 0 radical (unpaired) electrons. The summed E-state index contributed by atoms with van der Waals surface area (Å²) in [5.41, 5.74) is 9.49. The highest BCUT2D eigenvalue weighted by atomic mass is 16.7. The molecular weight excluding hydrogens is 658 g/mol. The van der Waals surface area contributed by atoms with Gasteiger partial charge in [-0.05, 0) is 16.7 Å². The molecule has 2 fully saturated rings. The number of anilines is 1. The molecule has 5 N–H and O–H groups in total. The van der Waals surface area contributed by atoms with Gasteiger partial charge in [-0.15, -0.1) is 0 Å². The molecule has 0 bridgehead atoms. The maximum Gasteiger partial charge on any atom is 0.187 e. The van der Waals surface area contributed by atoms with Crippen molar-refractivity contribution in [3.8, 4) is 0 Å². The van der Waals surface area contributed by atoms with E-state index in [2.05, 4.69) is 15.0 Å². The summed E-state index contributed by atoms with van der Waals surface area (Å²) in [7, 11) is 0. The zero-order valence-electron chi connectivity index (χ0n) is 27.7. The predicted octanol–water partition coefficient (Wildman–Crippen LogP) is 2.52. The lowest BCUT2D eigenvalue weighted by Gasteiger charge is -2.43. The number of fused-ring (bicyclic) bond motifs is 1. The van der Waals surface area contributed by atoms with Gasteiger partial charge in [-0.1, -0.05) is 91.0 Å². The van der Waals surface area contributed by atoms with Crippen LogP contribution in [0.2, 0.25) is 0 Å². The van der Waals surface area contributed by atoms with Crippen LogP contribution in [0.1, 0.15) is 22.9 Å². The van der Waals surface area contributed by atoms with Gasteiger partial charge in [0.2, 0.25) is 0 Å². The number of aromatic nitrogens is 4. The standard InChI is InChI=1S/C37H41N5O9/c38-34-28-35(40-21-39-34)42(22-41-28)36-31(45)32(27(49-36)20-47-17-24-12-6-2-7-13-24)51-37-33(48-18-25-14-8-3-9-15-25)30(44)29(43)26(50-37)19-46-16-23-10-4-1-5-11-23/h1-15,21-22,26-27,29-33,36-37,43-45H,16-20H2,(H2,38,39,40)/t26-,27-,29-,30+,31-,32-,33+,36-,37-/m1/s1. The number of nitrogens with two attached hydrogens (primary N) is 1. The van der Waals surface area contributed by atoms with Crippen LogP contribution in [0.4, 0.5) is 5.82 Å². The number of rotatable bonds is 14. The van der Waals surface area contributed by atoms with Crippen LogP contribution in [0.5, 0.6) is 0 Å². The number of benzene rings is 3. The molecule has 0 amide bonds. The Kier molecular flexibility index (Phi) is 11.2. The Bertz CT molecular complexity index is 1820. The van der Waals surface area contributed by atoms with Crippen molar-refractivity contribution >= 4 is 17.0 Å². The molecule has 2 aromatic heterocycles. The summed E-state index contributed by atoms with van der Waals surface area (Å²) in [5, 5.41) is 34.5. The molecule has 51 heavy (non-hydrogen) atoms. The largest absolute Gasteiger partial charge is 0.387 e. The minimum Gasteiger partial charge on any atom is -0.387 e. The Labute approximate surface area is 294 Å². The molecule has 7 rings (SSSR count). The summed E-state index contributed by atoms with van der Waals surface area (Å²) in [6.45, 7) is 0.657. The lowest BCUT2D eigenvalue weighted by molar-refractivity contribution is -0.329. The van der Waals surface area contributed by atoms with Gasteiger partial charge < -0.3 is 49.5 Å². The number of imidazole rings is 1. The van der Waals surface area contributed by atoms with Crippen molar-refractivity contribution in [1.82, 2.24) is 19.5 Å². The van der Waals surface area contributed by atoms with E-state index in [4.69, 9.17) is 34.2 Å². The van der Waals surface area contributed by atoms with Crippen LogP contribution in [0.3, 0.4) is 0 Å². The average Bonchev–Trinajstić information content (AvgIpc) is 3.72. The van der Waals surface area contributed by atoms with E-state index in [0.29, 0.717) is 17.8 Å².